The lowest BCUT2D eigenvalue weighted by atomic mass is 9.98. The Labute approximate surface area is 150 Å². The van der Waals surface area contributed by atoms with Gasteiger partial charge < -0.3 is 19.3 Å². The van der Waals surface area contributed by atoms with E-state index in [2.05, 4.69) is 14.7 Å². The molecule has 12 heteroatoms. The summed E-state index contributed by atoms with van der Waals surface area (Å²) in [5.74, 6) is -6.11. The first-order valence-corrected chi connectivity index (χ1v) is 7.43. The highest BCUT2D eigenvalue weighted by atomic mass is 19.4. The SMILES string of the molecule is CCOC(=O)C(C(=O)O)c1cc(OCCF)c(N=O)c(OCC(F)(F)F)c1. The molecule has 1 aromatic rings. The number of ether oxygens (including phenoxy) is 3. The minimum Gasteiger partial charge on any atom is -0.488 e. The smallest absolute Gasteiger partial charge is 0.422 e. The molecule has 0 heterocycles. The van der Waals surface area contributed by atoms with Crippen LogP contribution >= 0.6 is 0 Å². The zero-order chi connectivity index (χ0) is 20.6. The maximum Gasteiger partial charge on any atom is 0.422 e. The Balaban J connectivity index is 3.46. The van der Waals surface area contributed by atoms with Crippen LogP contribution < -0.4 is 9.47 Å². The van der Waals surface area contributed by atoms with Crippen molar-refractivity contribution in [2.24, 2.45) is 5.18 Å². The number of rotatable bonds is 10. The number of hydrogen-bond acceptors (Lipinski definition) is 7. The van der Waals surface area contributed by atoms with Crippen molar-refractivity contribution in [1.82, 2.24) is 0 Å². The van der Waals surface area contributed by atoms with Crippen LogP contribution in [0.5, 0.6) is 11.5 Å². The van der Waals surface area contributed by atoms with E-state index in [0.717, 1.165) is 12.1 Å². The van der Waals surface area contributed by atoms with Crippen LogP contribution in [0.1, 0.15) is 18.4 Å². The molecule has 0 spiro atoms. The molecule has 0 aromatic heterocycles. The molecule has 0 bridgehead atoms. The number of alkyl halides is 4. The van der Waals surface area contributed by atoms with Crippen LogP contribution in [-0.4, -0.2) is 49.7 Å². The van der Waals surface area contributed by atoms with Gasteiger partial charge in [-0.2, -0.15) is 13.2 Å². The van der Waals surface area contributed by atoms with Crippen LogP contribution in [0.15, 0.2) is 17.3 Å². The monoisotopic (exact) mass is 397 g/mol. The van der Waals surface area contributed by atoms with E-state index in [1.54, 1.807) is 0 Å². The van der Waals surface area contributed by atoms with Crippen molar-refractivity contribution >= 4 is 17.6 Å². The predicted molar refractivity (Wildman–Crippen MR) is 81.9 cm³/mol. The summed E-state index contributed by atoms with van der Waals surface area (Å²) in [4.78, 5) is 34.3. The number of esters is 1. The van der Waals surface area contributed by atoms with Crippen molar-refractivity contribution in [2.75, 3.05) is 26.5 Å². The van der Waals surface area contributed by atoms with Crippen LogP contribution in [0.2, 0.25) is 0 Å². The number of nitrogens with zero attached hydrogens (tertiary/aromatic N) is 1. The Hall–Kier alpha value is -2.92. The number of aliphatic carboxylic acids is 1. The molecule has 150 valence electrons. The third kappa shape index (κ3) is 6.38. The van der Waals surface area contributed by atoms with Gasteiger partial charge in [-0.05, 0) is 29.8 Å². The Bertz CT molecular complexity index is 693. The molecule has 0 aliphatic rings. The van der Waals surface area contributed by atoms with Gasteiger partial charge in [-0.15, -0.1) is 4.91 Å². The van der Waals surface area contributed by atoms with Gasteiger partial charge in [0.2, 0.25) is 0 Å². The largest absolute Gasteiger partial charge is 0.488 e. The highest BCUT2D eigenvalue weighted by molar-refractivity contribution is 6.00. The molecule has 8 nitrogen and oxygen atoms in total. The van der Waals surface area contributed by atoms with Crippen LogP contribution in [0.3, 0.4) is 0 Å². The van der Waals surface area contributed by atoms with Crippen LogP contribution in [0.25, 0.3) is 0 Å². The molecule has 1 aromatic carbocycles. The zero-order valence-corrected chi connectivity index (χ0v) is 13.9. The summed E-state index contributed by atoms with van der Waals surface area (Å²) in [6.07, 6.45) is -4.77. The molecule has 0 aliphatic heterocycles. The topological polar surface area (TPSA) is 111 Å². The zero-order valence-electron chi connectivity index (χ0n) is 13.9. The van der Waals surface area contributed by atoms with Crippen LogP contribution in [0, 0.1) is 4.91 Å². The number of benzene rings is 1. The highest BCUT2D eigenvalue weighted by Gasteiger charge is 2.33. The number of carbonyl (C=O) groups excluding carboxylic acids is 1. The van der Waals surface area contributed by atoms with Crippen molar-refractivity contribution in [3.05, 3.63) is 22.6 Å². The third-order valence-electron chi connectivity index (χ3n) is 2.98. The summed E-state index contributed by atoms with van der Waals surface area (Å²) >= 11 is 0. The average molecular weight is 397 g/mol. The van der Waals surface area contributed by atoms with Crippen molar-refractivity contribution in [2.45, 2.75) is 19.0 Å². The normalized spacial score (nSPS) is 12.2. The number of hydrogen-bond donors (Lipinski definition) is 1. The fourth-order valence-corrected chi connectivity index (χ4v) is 1.99. The molecule has 27 heavy (non-hydrogen) atoms. The molecule has 0 radical (unpaired) electrons. The summed E-state index contributed by atoms with van der Waals surface area (Å²) in [6.45, 7) is -2.16. The minimum absolute atomic E-state index is 0.154. The van der Waals surface area contributed by atoms with Crippen molar-refractivity contribution in [1.29, 1.82) is 0 Å². The van der Waals surface area contributed by atoms with Crippen molar-refractivity contribution < 1.29 is 46.5 Å². The lowest BCUT2D eigenvalue weighted by Gasteiger charge is -2.17. The molecular formula is C15H15F4NO7. The number of carboxylic acids is 1. The maximum absolute atomic E-state index is 12.4. The summed E-state index contributed by atoms with van der Waals surface area (Å²) in [6, 6.07) is 1.61. The molecule has 1 rings (SSSR count). The molecule has 0 aliphatic carbocycles. The Morgan fingerprint density at radius 3 is 2.26 bits per heavy atom. The molecule has 1 unspecified atom stereocenters. The molecule has 0 amide bonds. The summed E-state index contributed by atoms with van der Waals surface area (Å²) < 4.78 is 63.6. The molecule has 0 fully saturated rings. The lowest BCUT2D eigenvalue weighted by molar-refractivity contribution is -0.155. The van der Waals surface area contributed by atoms with Gasteiger partial charge >= 0.3 is 18.1 Å². The maximum atomic E-state index is 12.4. The van der Waals surface area contributed by atoms with E-state index < -0.39 is 61.1 Å². The van der Waals surface area contributed by atoms with Gasteiger partial charge in [0.05, 0.1) is 6.61 Å². The number of halogens is 4. The van der Waals surface area contributed by atoms with E-state index in [-0.39, 0.29) is 12.2 Å². The van der Waals surface area contributed by atoms with Gasteiger partial charge in [0.15, 0.2) is 29.7 Å². The van der Waals surface area contributed by atoms with Gasteiger partial charge in [-0.1, -0.05) is 0 Å². The van der Waals surface area contributed by atoms with Gasteiger partial charge in [-0.25, -0.2) is 4.39 Å². The fraction of sp³-hybridized carbons (Fsp3) is 0.467. The first-order valence-electron chi connectivity index (χ1n) is 7.43. The third-order valence-corrected chi connectivity index (χ3v) is 2.98. The van der Waals surface area contributed by atoms with E-state index in [1.807, 2.05) is 0 Å². The first-order chi connectivity index (χ1) is 12.6. The van der Waals surface area contributed by atoms with Crippen LogP contribution in [0.4, 0.5) is 23.2 Å². The van der Waals surface area contributed by atoms with Gasteiger partial charge in [-0.3, -0.25) is 9.59 Å². The van der Waals surface area contributed by atoms with Crippen molar-refractivity contribution in [3.63, 3.8) is 0 Å². The Morgan fingerprint density at radius 2 is 1.81 bits per heavy atom. The van der Waals surface area contributed by atoms with E-state index in [9.17, 15) is 37.2 Å². The molecule has 1 N–H and O–H groups in total. The number of carbonyl (C=O) groups is 2. The summed E-state index contributed by atoms with van der Waals surface area (Å²) in [5, 5.41) is 11.8. The first kappa shape index (κ1) is 22.1. The molecule has 0 saturated carbocycles. The number of nitroso groups, excluding NO2 is 1. The molecule has 1 atom stereocenters. The van der Waals surface area contributed by atoms with Crippen molar-refractivity contribution in [3.8, 4) is 11.5 Å². The fourth-order valence-electron chi connectivity index (χ4n) is 1.99. The highest BCUT2D eigenvalue weighted by Crippen LogP contribution is 2.41. The Morgan fingerprint density at radius 1 is 1.22 bits per heavy atom. The molecular weight excluding hydrogens is 382 g/mol. The second-order valence-electron chi connectivity index (χ2n) is 4.92. The van der Waals surface area contributed by atoms with E-state index >= 15 is 0 Å². The lowest BCUT2D eigenvalue weighted by Crippen LogP contribution is -2.24. The van der Waals surface area contributed by atoms with E-state index in [0.29, 0.717) is 0 Å². The molecule has 0 saturated heterocycles. The van der Waals surface area contributed by atoms with E-state index in [1.165, 1.54) is 6.92 Å². The second-order valence-corrected chi connectivity index (χ2v) is 4.92. The quantitative estimate of drug-likeness (QED) is 0.279. The summed E-state index contributed by atoms with van der Waals surface area (Å²) in [5.41, 5.74) is -1.12. The second kappa shape index (κ2) is 9.69. The predicted octanol–water partition coefficient (Wildman–Crippen LogP) is 3.11. The number of carboxylic acid groups (broad SMARTS) is 1. The van der Waals surface area contributed by atoms with Crippen LogP contribution in [-0.2, 0) is 14.3 Å². The van der Waals surface area contributed by atoms with Gasteiger partial charge in [0.25, 0.3) is 0 Å². The summed E-state index contributed by atoms with van der Waals surface area (Å²) in [7, 11) is 0. The van der Waals surface area contributed by atoms with Gasteiger partial charge in [0.1, 0.15) is 13.3 Å². The van der Waals surface area contributed by atoms with E-state index in [4.69, 9.17) is 4.74 Å². The minimum atomic E-state index is -4.77. The average Bonchev–Trinajstić information content (AvgIpc) is 2.57. The Kier molecular flexibility index (Phi) is 7.94. The van der Waals surface area contributed by atoms with Gasteiger partial charge in [0, 0.05) is 0 Å². The standard InChI is InChI=1S/C15H15F4NO7/c1-2-25-14(23)11(13(21)22)8-5-9(26-4-3-16)12(20-24)10(6-8)27-7-15(17,18)19/h5-6,11H,2-4,7H2,1H3,(H,21,22).